The molecule has 3 rings (SSSR count). The number of aromatic nitrogens is 2. The van der Waals surface area contributed by atoms with Crippen LogP contribution in [0.4, 0.5) is 5.82 Å². The zero-order valence-electron chi connectivity index (χ0n) is 11.4. The average molecular weight is 324 g/mol. The maximum atomic E-state index is 4.61. The van der Waals surface area contributed by atoms with E-state index in [4.69, 9.17) is 0 Å². The van der Waals surface area contributed by atoms with Crippen molar-refractivity contribution in [1.29, 1.82) is 0 Å². The maximum Gasteiger partial charge on any atom is 0.135 e. The van der Waals surface area contributed by atoms with E-state index in [1.807, 2.05) is 0 Å². The van der Waals surface area contributed by atoms with Gasteiger partial charge in [0, 0.05) is 29.7 Å². The fraction of sp³-hybridized carbons (Fsp3) is 0.733. The molecule has 1 atom stereocenters. The Kier molecular flexibility index (Phi) is 4.36. The molecule has 3 nitrogen and oxygen atoms in total. The van der Waals surface area contributed by atoms with Gasteiger partial charge in [0.15, 0.2) is 0 Å². The van der Waals surface area contributed by atoms with Gasteiger partial charge in [-0.25, -0.2) is 9.97 Å². The van der Waals surface area contributed by atoms with E-state index >= 15 is 0 Å². The molecule has 2 aliphatic rings. The van der Waals surface area contributed by atoms with E-state index in [1.165, 1.54) is 68.7 Å². The number of rotatable bonds is 3. The second-order valence-corrected chi connectivity index (χ2v) is 6.55. The third-order valence-electron chi connectivity index (χ3n) is 4.44. The highest BCUT2D eigenvalue weighted by Crippen LogP contribution is 2.30. The smallest absolute Gasteiger partial charge is 0.135 e. The molecule has 0 radical (unpaired) electrons. The summed E-state index contributed by atoms with van der Waals surface area (Å²) in [6.07, 6.45) is 10.6. The van der Waals surface area contributed by atoms with Crippen LogP contribution >= 0.6 is 15.9 Å². The van der Waals surface area contributed by atoms with E-state index in [0.717, 1.165) is 17.7 Å². The van der Waals surface area contributed by atoms with E-state index in [1.54, 1.807) is 6.33 Å². The van der Waals surface area contributed by atoms with Gasteiger partial charge in [-0.3, -0.25) is 0 Å². The van der Waals surface area contributed by atoms with Crippen LogP contribution in [0.15, 0.2) is 6.33 Å². The Balaban J connectivity index is 1.81. The predicted molar refractivity (Wildman–Crippen MR) is 82.0 cm³/mol. The molecular formula is C15H22BrN3. The first kappa shape index (κ1) is 13.3. The van der Waals surface area contributed by atoms with Crippen LogP contribution in [-0.2, 0) is 12.8 Å². The molecule has 1 aliphatic heterocycles. The van der Waals surface area contributed by atoms with Gasteiger partial charge in [0.05, 0.1) is 0 Å². The van der Waals surface area contributed by atoms with Crippen LogP contribution in [0.5, 0.6) is 0 Å². The third-order valence-corrected chi connectivity index (χ3v) is 4.90. The van der Waals surface area contributed by atoms with Crippen LogP contribution in [0, 0.1) is 5.92 Å². The molecule has 0 amide bonds. The third kappa shape index (κ3) is 2.93. The number of fused-ring (bicyclic) bond motifs is 1. The first-order valence-corrected chi connectivity index (χ1v) is 8.64. The Morgan fingerprint density at radius 1 is 1.21 bits per heavy atom. The SMILES string of the molecule is BrCCC1CCCN(c2ncnc3c2CCCC3)C1. The molecule has 2 heterocycles. The second kappa shape index (κ2) is 6.21. The second-order valence-electron chi connectivity index (χ2n) is 5.76. The van der Waals surface area contributed by atoms with Crippen molar-refractivity contribution in [3.63, 3.8) is 0 Å². The lowest BCUT2D eigenvalue weighted by Crippen LogP contribution is -2.37. The molecule has 1 aromatic heterocycles. The Morgan fingerprint density at radius 2 is 2.11 bits per heavy atom. The topological polar surface area (TPSA) is 29.0 Å². The van der Waals surface area contributed by atoms with Crippen molar-refractivity contribution in [2.24, 2.45) is 5.92 Å². The van der Waals surface area contributed by atoms with E-state index in [0.29, 0.717) is 0 Å². The summed E-state index contributed by atoms with van der Waals surface area (Å²) < 4.78 is 0. The summed E-state index contributed by atoms with van der Waals surface area (Å²) in [6, 6.07) is 0. The van der Waals surface area contributed by atoms with Crippen molar-refractivity contribution in [2.45, 2.75) is 44.9 Å². The minimum absolute atomic E-state index is 0.822. The lowest BCUT2D eigenvalue weighted by molar-refractivity contribution is 0.405. The molecule has 0 spiro atoms. The van der Waals surface area contributed by atoms with Crippen LogP contribution in [0.25, 0.3) is 0 Å². The predicted octanol–water partition coefficient (Wildman–Crippen LogP) is 3.36. The van der Waals surface area contributed by atoms with Gasteiger partial charge in [0.1, 0.15) is 12.1 Å². The summed E-state index contributed by atoms with van der Waals surface area (Å²) in [5, 5.41) is 1.12. The number of anilines is 1. The maximum absolute atomic E-state index is 4.61. The number of alkyl halides is 1. The Bertz CT molecular complexity index is 433. The van der Waals surface area contributed by atoms with Crippen LogP contribution in [0.1, 0.15) is 43.4 Å². The van der Waals surface area contributed by atoms with E-state index in [9.17, 15) is 0 Å². The van der Waals surface area contributed by atoms with Gasteiger partial charge in [0.2, 0.25) is 0 Å². The fourth-order valence-corrected chi connectivity index (χ4v) is 4.07. The summed E-state index contributed by atoms with van der Waals surface area (Å²) in [6.45, 7) is 2.34. The van der Waals surface area contributed by atoms with Crippen LogP contribution < -0.4 is 4.90 Å². The first-order chi connectivity index (χ1) is 9.38. The highest BCUT2D eigenvalue weighted by atomic mass is 79.9. The van der Waals surface area contributed by atoms with Crippen molar-refractivity contribution >= 4 is 21.7 Å². The normalized spacial score (nSPS) is 23.2. The molecular weight excluding hydrogens is 302 g/mol. The van der Waals surface area contributed by atoms with Crippen molar-refractivity contribution < 1.29 is 0 Å². The van der Waals surface area contributed by atoms with Crippen LogP contribution in [-0.4, -0.2) is 28.4 Å². The number of aryl methyl sites for hydroxylation is 1. The Morgan fingerprint density at radius 3 is 3.00 bits per heavy atom. The first-order valence-electron chi connectivity index (χ1n) is 7.52. The van der Waals surface area contributed by atoms with Crippen molar-refractivity contribution in [1.82, 2.24) is 9.97 Å². The molecule has 1 saturated heterocycles. The van der Waals surface area contributed by atoms with Gasteiger partial charge >= 0.3 is 0 Å². The van der Waals surface area contributed by atoms with Gasteiger partial charge in [-0.2, -0.15) is 0 Å². The molecule has 0 aromatic carbocycles. The molecule has 0 saturated carbocycles. The standard InChI is InChI=1S/C15H22BrN3/c16-8-7-12-4-3-9-19(10-12)15-13-5-1-2-6-14(13)17-11-18-15/h11-12H,1-10H2. The monoisotopic (exact) mass is 323 g/mol. The minimum atomic E-state index is 0.822. The largest absolute Gasteiger partial charge is 0.356 e. The van der Waals surface area contributed by atoms with Gasteiger partial charge in [-0.05, 0) is 50.9 Å². The zero-order valence-corrected chi connectivity index (χ0v) is 13.0. The average Bonchev–Trinajstić information content (AvgIpc) is 2.47. The molecule has 4 heteroatoms. The Labute approximate surface area is 124 Å². The highest BCUT2D eigenvalue weighted by Gasteiger charge is 2.24. The summed E-state index contributed by atoms with van der Waals surface area (Å²) in [5.74, 6) is 2.06. The molecule has 1 unspecified atom stereocenters. The lowest BCUT2D eigenvalue weighted by atomic mass is 9.93. The highest BCUT2D eigenvalue weighted by molar-refractivity contribution is 9.09. The van der Waals surface area contributed by atoms with Crippen molar-refractivity contribution in [3.8, 4) is 0 Å². The number of piperidine rings is 1. The van der Waals surface area contributed by atoms with E-state index in [-0.39, 0.29) is 0 Å². The number of hydrogen-bond donors (Lipinski definition) is 0. The summed E-state index contributed by atoms with van der Waals surface area (Å²) in [4.78, 5) is 11.6. The summed E-state index contributed by atoms with van der Waals surface area (Å²) in [7, 11) is 0. The van der Waals surface area contributed by atoms with Gasteiger partial charge in [-0.15, -0.1) is 0 Å². The van der Waals surface area contributed by atoms with Crippen LogP contribution in [0.3, 0.4) is 0 Å². The summed E-state index contributed by atoms with van der Waals surface area (Å²) >= 11 is 3.58. The van der Waals surface area contributed by atoms with E-state index < -0.39 is 0 Å². The van der Waals surface area contributed by atoms with E-state index in [2.05, 4.69) is 30.8 Å². The molecule has 1 fully saturated rings. The number of hydrogen-bond acceptors (Lipinski definition) is 3. The quantitative estimate of drug-likeness (QED) is 0.799. The fourth-order valence-electron chi connectivity index (χ4n) is 3.42. The van der Waals surface area contributed by atoms with Gasteiger partial charge in [0.25, 0.3) is 0 Å². The number of nitrogens with zero attached hydrogens (tertiary/aromatic N) is 3. The molecule has 104 valence electrons. The van der Waals surface area contributed by atoms with Crippen molar-refractivity contribution in [2.75, 3.05) is 23.3 Å². The molecule has 0 bridgehead atoms. The number of halogens is 1. The lowest BCUT2D eigenvalue weighted by Gasteiger charge is -2.35. The molecule has 19 heavy (non-hydrogen) atoms. The molecule has 0 N–H and O–H groups in total. The molecule has 1 aromatic rings. The molecule has 1 aliphatic carbocycles. The van der Waals surface area contributed by atoms with Gasteiger partial charge in [-0.1, -0.05) is 15.9 Å². The van der Waals surface area contributed by atoms with Gasteiger partial charge < -0.3 is 4.90 Å². The minimum Gasteiger partial charge on any atom is -0.356 e. The summed E-state index contributed by atoms with van der Waals surface area (Å²) in [5.41, 5.74) is 2.74. The Hall–Kier alpha value is -0.640. The van der Waals surface area contributed by atoms with Crippen molar-refractivity contribution in [3.05, 3.63) is 17.6 Å². The zero-order chi connectivity index (χ0) is 13.1. The van der Waals surface area contributed by atoms with Crippen LogP contribution in [0.2, 0.25) is 0 Å².